The van der Waals surface area contributed by atoms with Crippen LogP contribution in [0.25, 0.3) is 0 Å². The predicted octanol–water partition coefficient (Wildman–Crippen LogP) is 1.24. The molecule has 0 aliphatic carbocycles. The van der Waals surface area contributed by atoms with E-state index in [2.05, 4.69) is 10.6 Å². The van der Waals surface area contributed by atoms with Crippen LogP contribution in [0, 0.1) is 5.82 Å². The Labute approximate surface area is 134 Å². The smallest absolute Gasteiger partial charge is 0.239 e. The molecular weight excluding hydrogens is 301 g/mol. The number of halogens is 1. The van der Waals surface area contributed by atoms with Crippen molar-refractivity contribution < 1.29 is 18.8 Å². The van der Waals surface area contributed by atoms with Crippen LogP contribution in [0.1, 0.15) is 31.2 Å². The van der Waals surface area contributed by atoms with Crippen molar-refractivity contribution >= 4 is 23.4 Å². The molecule has 2 rings (SSSR count). The van der Waals surface area contributed by atoms with E-state index in [1.54, 1.807) is 0 Å². The van der Waals surface area contributed by atoms with Crippen molar-refractivity contribution in [3.63, 3.8) is 0 Å². The molecule has 7 heteroatoms. The van der Waals surface area contributed by atoms with E-state index < -0.39 is 11.7 Å². The number of benzene rings is 1. The van der Waals surface area contributed by atoms with E-state index in [-0.39, 0.29) is 30.7 Å². The highest BCUT2D eigenvalue weighted by atomic mass is 19.1. The van der Waals surface area contributed by atoms with Crippen LogP contribution in [0.3, 0.4) is 0 Å². The van der Waals surface area contributed by atoms with Crippen molar-refractivity contribution in [1.82, 2.24) is 10.2 Å². The van der Waals surface area contributed by atoms with Crippen molar-refractivity contribution in [2.45, 2.75) is 25.7 Å². The summed E-state index contributed by atoms with van der Waals surface area (Å²) in [5.74, 6) is -2.11. The first-order valence-electron chi connectivity index (χ1n) is 7.53. The van der Waals surface area contributed by atoms with Crippen LogP contribution in [0.5, 0.6) is 0 Å². The molecule has 23 heavy (non-hydrogen) atoms. The number of nitrogens with zero attached hydrogens (tertiary/aromatic N) is 1. The van der Waals surface area contributed by atoms with Crippen LogP contribution >= 0.6 is 0 Å². The fourth-order valence-electron chi connectivity index (χ4n) is 2.54. The fraction of sp³-hybridized carbons (Fsp3) is 0.438. The first-order chi connectivity index (χ1) is 10.9. The maximum absolute atomic E-state index is 13.3. The zero-order valence-corrected chi connectivity index (χ0v) is 13.2. The summed E-state index contributed by atoms with van der Waals surface area (Å²) in [5.41, 5.74) is 0.875. The first-order valence-corrected chi connectivity index (χ1v) is 7.53. The van der Waals surface area contributed by atoms with Crippen LogP contribution in [0.2, 0.25) is 0 Å². The predicted molar refractivity (Wildman–Crippen MR) is 83.3 cm³/mol. The summed E-state index contributed by atoms with van der Waals surface area (Å²) in [5, 5.41) is 5.26. The molecule has 1 aliphatic rings. The minimum absolute atomic E-state index is 0.0155. The van der Waals surface area contributed by atoms with Gasteiger partial charge in [0.25, 0.3) is 0 Å². The first kappa shape index (κ1) is 16.9. The minimum Gasteiger partial charge on any atom is -0.355 e. The van der Waals surface area contributed by atoms with Crippen molar-refractivity contribution in [3.05, 3.63) is 29.6 Å². The number of hydrogen-bond donors (Lipinski definition) is 2. The quantitative estimate of drug-likeness (QED) is 0.856. The molecule has 0 saturated carbocycles. The van der Waals surface area contributed by atoms with Crippen LogP contribution in [0.4, 0.5) is 10.1 Å². The normalized spacial score (nSPS) is 16.3. The lowest BCUT2D eigenvalue weighted by Crippen LogP contribution is -2.42. The second-order valence-electron chi connectivity index (χ2n) is 5.58. The third kappa shape index (κ3) is 4.06. The summed E-state index contributed by atoms with van der Waals surface area (Å²) in [6.07, 6.45) is 0.795. The van der Waals surface area contributed by atoms with Crippen molar-refractivity contribution in [2.75, 3.05) is 25.5 Å². The van der Waals surface area contributed by atoms with Gasteiger partial charge in [0.05, 0.1) is 12.5 Å². The van der Waals surface area contributed by atoms with Crippen molar-refractivity contribution in [3.8, 4) is 0 Å². The Morgan fingerprint density at radius 3 is 2.87 bits per heavy atom. The van der Waals surface area contributed by atoms with Gasteiger partial charge < -0.3 is 15.5 Å². The average molecular weight is 321 g/mol. The van der Waals surface area contributed by atoms with Gasteiger partial charge in [-0.1, -0.05) is 13.0 Å². The molecule has 124 valence electrons. The standard InChI is InChI=1S/C16H20FN3O3/c1-3-6-18-15(22)9-20(2)16(23)12-8-14(21)19-13-7-10(17)4-5-11(12)13/h4-5,7,12H,3,6,8-9H2,1-2H3,(H,18,22)(H,19,21)/t12-/m1/s1. The molecule has 0 fully saturated rings. The largest absolute Gasteiger partial charge is 0.355 e. The Morgan fingerprint density at radius 1 is 1.43 bits per heavy atom. The molecule has 3 amide bonds. The Morgan fingerprint density at radius 2 is 2.17 bits per heavy atom. The van der Waals surface area contributed by atoms with Gasteiger partial charge in [0.15, 0.2) is 0 Å². The van der Waals surface area contributed by atoms with Gasteiger partial charge in [0, 0.05) is 25.7 Å². The molecule has 1 atom stereocenters. The number of carbonyl (C=O) groups excluding carboxylic acids is 3. The van der Waals surface area contributed by atoms with E-state index in [1.807, 2.05) is 6.92 Å². The minimum atomic E-state index is -0.705. The SMILES string of the molecule is CCCNC(=O)CN(C)C(=O)[C@@H]1CC(=O)Nc2cc(F)ccc21. The number of amides is 3. The van der Waals surface area contributed by atoms with Crippen molar-refractivity contribution in [2.24, 2.45) is 0 Å². The van der Waals surface area contributed by atoms with Gasteiger partial charge >= 0.3 is 0 Å². The fourth-order valence-corrected chi connectivity index (χ4v) is 2.54. The lowest BCUT2D eigenvalue weighted by Gasteiger charge is -2.28. The molecule has 0 aromatic heterocycles. The maximum atomic E-state index is 13.3. The summed E-state index contributed by atoms with van der Waals surface area (Å²) in [6.45, 7) is 2.41. The molecule has 6 nitrogen and oxygen atoms in total. The molecular formula is C16H20FN3O3. The zero-order chi connectivity index (χ0) is 17.0. The lowest BCUT2D eigenvalue weighted by molar-refractivity contribution is -0.137. The maximum Gasteiger partial charge on any atom is 0.239 e. The number of carbonyl (C=O) groups is 3. The number of fused-ring (bicyclic) bond motifs is 1. The molecule has 0 saturated heterocycles. The Balaban J connectivity index is 2.13. The Hall–Kier alpha value is -2.44. The van der Waals surface area contributed by atoms with Crippen LogP contribution in [-0.4, -0.2) is 42.8 Å². The molecule has 0 bridgehead atoms. The molecule has 1 aromatic rings. The number of anilines is 1. The second-order valence-corrected chi connectivity index (χ2v) is 5.58. The summed E-state index contributed by atoms with van der Waals surface area (Å²) in [4.78, 5) is 37.3. The molecule has 1 aliphatic heterocycles. The van der Waals surface area contributed by atoms with E-state index in [0.717, 1.165) is 6.42 Å². The molecule has 0 radical (unpaired) electrons. The van der Waals surface area contributed by atoms with Gasteiger partial charge in [0.1, 0.15) is 5.82 Å². The molecule has 1 aromatic carbocycles. The van der Waals surface area contributed by atoms with Crippen LogP contribution in [-0.2, 0) is 14.4 Å². The summed E-state index contributed by atoms with van der Waals surface area (Å²) in [6, 6.07) is 3.95. The zero-order valence-electron chi connectivity index (χ0n) is 13.2. The Bertz CT molecular complexity index is 633. The Kier molecular flexibility index (Phi) is 5.31. The highest BCUT2D eigenvalue weighted by Gasteiger charge is 2.33. The molecule has 0 unspecified atom stereocenters. The van der Waals surface area contributed by atoms with Gasteiger partial charge in [-0.25, -0.2) is 4.39 Å². The van der Waals surface area contributed by atoms with Crippen LogP contribution in [0.15, 0.2) is 18.2 Å². The molecule has 0 spiro atoms. The highest BCUT2D eigenvalue weighted by Crippen LogP contribution is 2.33. The number of nitrogens with one attached hydrogen (secondary N) is 2. The summed E-state index contributed by atoms with van der Waals surface area (Å²) < 4.78 is 13.3. The van der Waals surface area contributed by atoms with Gasteiger partial charge in [0.2, 0.25) is 17.7 Å². The van der Waals surface area contributed by atoms with Gasteiger partial charge in [-0.3, -0.25) is 14.4 Å². The highest BCUT2D eigenvalue weighted by molar-refractivity contribution is 6.01. The van der Waals surface area contributed by atoms with Crippen LogP contribution < -0.4 is 10.6 Å². The number of likely N-dealkylation sites (N-methyl/N-ethyl adjacent to an activating group) is 1. The number of rotatable bonds is 5. The van der Waals surface area contributed by atoms with Gasteiger partial charge in [-0.15, -0.1) is 0 Å². The van der Waals surface area contributed by atoms with Crippen molar-refractivity contribution in [1.29, 1.82) is 0 Å². The van der Waals surface area contributed by atoms with E-state index >= 15 is 0 Å². The number of hydrogen-bond acceptors (Lipinski definition) is 3. The lowest BCUT2D eigenvalue weighted by atomic mass is 9.89. The van der Waals surface area contributed by atoms with E-state index in [1.165, 1.54) is 30.1 Å². The topological polar surface area (TPSA) is 78.5 Å². The van der Waals surface area contributed by atoms with Gasteiger partial charge in [-0.2, -0.15) is 0 Å². The molecule has 1 heterocycles. The van der Waals surface area contributed by atoms with E-state index in [9.17, 15) is 18.8 Å². The molecule has 2 N–H and O–H groups in total. The van der Waals surface area contributed by atoms with E-state index in [0.29, 0.717) is 17.8 Å². The van der Waals surface area contributed by atoms with E-state index in [4.69, 9.17) is 0 Å². The summed E-state index contributed by atoms with van der Waals surface area (Å²) >= 11 is 0. The van der Waals surface area contributed by atoms with Gasteiger partial charge in [-0.05, 0) is 24.1 Å². The average Bonchev–Trinajstić information content (AvgIpc) is 2.50. The summed E-state index contributed by atoms with van der Waals surface area (Å²) in [7, 11) is 1.52. The second kappa shape index (κ2) is 7.21. The third-order valence-electron chi connectivity index (χ3n) is 3.68. The third-order valence-corrected chi connectivity index (χ3v) is 3.68. The monoisotopic (exact) mass is 321 g/mol.